The summed E-state index contributed by atoms with van der Waals surface area (Å²) in [5, 5.41) is 7.72. The summed E-state index contributed by atoms with van der Waals surface area (Å²) in [4.78, 5) is 4.25. The second-order valence-electron chi connectivity index (χ2n) is 2.96. The van der Waals surface area contributed by atoms with Gasteiger partial charge >= 0.3 is 0 Å². The third kappa shape index (κ3) is 2.98. The molecule has 0 aliphatic heterocycles. The van der Waals surface area contributed by atoms with Crippen molar-refractivity contribution >= 4 is 5.71 Å². The number of rotatable bonds is 3. The Labute approximate surface area is 84.5 Å². The van der Waals surface area contributed by atoms with Crippen LogP contribution in [0.3, 0.4) is 0 Å². The van der Waals surface area contributed by atoms with Crippen LogP contribution in [0, 0.1) is 12.3 Å². The summed E-state index contributed by atoms with van der Waals surface area (Å²) in [5.41, 5.74) is 2.09. The van der Waals surface area contributed by atoms with Gasteiger partial charge in [-0.25, -0.2) is 0 Å². The average molecular weight is 186 g/mol. The van der Waals surface area contributed by atoms with E-state index in [9.17, 15) is 0 Å². The topological polar surface area (TPSA) is 36.7 Å². The molecule has 0 aliphatic carbocycles. The highest BCUT2D eigenvalue weighted by Crippen LogP contribution is 2.00. The molecule has 1 N–H and O–H groups in total. The Kier molecular flexibility index (Phi) is 3.80. The summed E-state index contributed by atoms with van der Waals surface area (Å²) in [6, 6.07) is 5.68. The Morgan fingerprint density at radius 2 is 2.14 bits per heavy atom. The van der Waals surface area contributed by atoms with E-state index in [0.29, 0.717) is 11.4 Å². The summed E-state index contributed by atoms with van der Waals surface area (Å²) >= 11 is 0. The Hall–Kier alpha value is -1.70. The van der Waals surface area contributed by atoms with Gasteiger partial charge in [0, 0.05) is 5.69 Å². The highest BCUT2D eigenvalue weighted by atomic mass is 14.7. The first-order chi connectivity index (χ1) is 6.74. The molecule has 0 fully saturated rings. The number of hydrogen-bond donors (Lipinski definition) is 1. The number of nitrogens with one attached hydrogen (secondary N) is 1. The lowest BCUT2D eigenvalue weighted by atomic mass is 10.2. The smallest absolute Gasteiger partial charge is 0.0882 e. The molecule has 0 aliphatic rings. The first-order valence-electron chi connectivity index (χ1n) is 4.56. The predicted octanol–water partition coefficient (Wildman–Crippen LogP) is 2.89. The summed E-state index contributed by atoms with van der Waals surface area (Å²) < 4.78 is 0. The van der Waals surface area contributed by atoms with Crippen molar-refractivity contribution in [1.29, 1.82) is 5.41 Å². The zero-order chi connectivity index (χ0) is 10.4. The maximum atomic E-state index is 7.72. The van der Waals surface area contributed by atoms with Crippen LogP contribution in [-0.2, 0) is 0 Å². The number of hydrogen-bond acceptors (Lipinski definition) is 2. The second-order valence-corrected chi connectivity index (χ2v) is 2.96. The molecule has 1 heterocycles. The molecule has 2 heteroatoms. The van der Waals surface area contributed by atoms with Gasteiger partial charge in [-0.05, 0) is 32.1 Å². The van der Waals surface area contributed by atoms with Gasteiger partial charge < -0.3 is 0 Å². The third-order valence-corrected chi connectivity index (χ3v) is 1.73. The number of aromatic nitrogens is 1. The van der Waals surface area contributed by atoms with Gasteiger partial charge in [0.15, 0.2) is 0 Å². The zero-order valence-electron chi connectivity index (χ0n) is 8.49. The van der Waals surface area contributed by atoms with Gasteiger partial charge in [0.25, 0.3) is 0 Å². The van der Waals surface area contributed by atoms with Crippen molar-refractivity contribution in [3.8, 4) is 0 Å². The fraction of sp³-hybridized carbons (Fsp3) is 0.167. The molecule has 1 rings (SSSR count). The van der Waals surface area contributed by atoms with Gasteiger partial charge in [0.1, 0.15) is 0 Å². The minimum Gasteiger partial charge on any atom is -0.299 e. The lowest BCUT2D eigenvalue weighted by Gasteiger charge is -1.98. The molecule has 0 radical (unpaired) electrons. The molecular weight excluding hydrogens is 172 g/mol. The van der Waals surface area contributed by atoms with Crippen LogP contribution in [0.5, 0.6) is 0 Å². The monoisotopic (exact) mass is 186 g/mol. The fourth-order valence-electron chi connectivity index (χ4n) is 1.04. The number of aryl methyl sites for hydroxylation is 1. The maximum absolute atomic E-state index is 7.72. The van der Waals surface area contributed by atoms with Crippen LogP contribution >= 0.6 is 0 Å². The molecule has 0 unspecified atom stereocenters. The minimum absolute atomic E-state index is 0.437. The first-order valence-corrected chi connectivity index (χ1v) is 4.56. The van der Waals surface area contributed by atoms with Crippen LogP contribution in [0.4, 0.5) is 0 Å². The van der Waals surface area contributed by atoms with E-state index < -0.39 is 0 Å². The van der Waals surface area contributed by atoms with Gasteiger partial charge in [-0.15, -0.1) is 0 Å². The second kappa shape index (κ2) is 5.12. The quantitative estimate of drug-likeness (QED) is 0.572. The fourth-order valence-corrected chi connectivity index (χ4v) is 1.04. The number of pyridine rings is 1. The van der Waals surface area contributed by atoms with Crippen molar-refractivity contribution in [1.82, 2.24) is 4.98 Å². The van der Waals surface area contributed by atoms with Crippen molar-refractivity contribution < 1.29 is 0 Å². The van der Waals surface area contributed by atoms with Crippen molar-refractivity contribution in [2.24, 2.45) is 0 Å². The molecule has 0 amide bonds. The molecule has 1 aromatic rings. The Morgan fingerprint density at radius 1 is 1.36 bits per heavy atom. The van der Waals surface area contributed by atoms with E-state index in [1.807, 2.05) is 50.3 Å². The molecule has 1 aromatic heterocycles. The van der Waals surface area contributed by atoms with Crippen LogP contribution in [0.2, 0.25) is 0 Å². The number of allylic oxidation sites excluding steroid dienone is 4. The highest BCUT2D eigenvalue weighted by Gasteiger charge is 1.97. The van der Waals surface area contributed by atoms with Crippen molar-refractivity contribution in [3.05, 3.63) is 53.9 Å². The van der Waals surface area contributed by atoms with Crippen LogP contribution in [0.1, 0.15) is 18.3 Å². The van der Waals surface area contributed by atoms with Gasteiger partial charge in [0.2, 0.25) is 0 Å². The van der Waals surface area contributed by atoms with Gasteiger partial charge in [-0.3, -0.25) is 10.4 Å². The summed E-state index contributed by atoms with van der Waals surface area (Å²) in [5.74, 6) is 0. The Morgan fingerprint density at radius 3 is 2.79 bits per heavy atom. The SMILES string of the molecule is C/C=C\C=C/C(=N)c1cccc(C)n1. The minimum atomic E-state index is 0.437. The largest absolute Gasteiger partial charge is 0.299 e. The van der Waals surface area contributed by atoms with Crippen LogP contribution in [0.15, 0.2) is 42.5 Å². The molecule has 14 heavy (non-hydrogen) atoms. The molecule has 0 bridgehead atoms. The summed E-state index contributed by atoms with van der Waals surface area (Å²) in [6.45, 7) is 3.87. The molecule has 2 nitrogen and oxygen atoms in total. The molecule has 0 saturated heterocycles. The first kappa shape index (κ1) is 10.4. The Bertz CT molecular complexity index is 376. The van der Waals surface area contributed by atoms with E-state index in [1.165, 1.54) is 0 Å². The maximum Gasteiger partial charge on any atom is 0.0882 e. The molecule has 0 saturated carbocycles. The van der Waals surface area contributed by atoms with Gasteiger partial charge in [0.05, 0.1) is 11.4 Å². The molecule has 72 valence electrons. The molecule has 0 spiro atoms. The van der Waals surface area contributed by atoms with Crippen LogP contribution in [-0.4, -0.2) is 10.7 Å². The van der Waals surface area contributed by atoms with Crippen LogP contribution < -0.4 is 0 Å². The van der Waals surface area contributed by atoms with E-state index in [2.05, 4.69) is 4.98 Å². The highest BCUT2D eigenvalue weighted by molar-refractivity contribution is 6.05. The average Bonchev–Trinajstić information content (AvgIpc) is 2.18. The Balaban J connectivity index is 2.79. The molecular formula is C12H14N2. The lowest BCUT2D eigenvalue weighted by Crippen LogP contribution is -1.98. The van der Waals surface area contributed by atoms with Crippen molar-refractivity contribution in [3.63, 3.8) is 0 Å². The summed E-state index contributed by atoms with van der Waals surface area (Å²) in [6.07, 6.45) is 7.39. The van der Waals surface area contributed by atoms with E-state index >= 15 is 0 Å². The van der Waals surface area contributed by atoms with Gasteiger partial charge in [-0.2, -0.15) is 0 Å². The number of nitrogens with zero attached hydrogens (tertiary/aromatic N) is 1. The standard InChI is InChI=1S/C12H14N2/c1-3-4-5-8-11(13)12-9-6-7-10(2)14-12/h3-9,13H,1-2H3/b4-3-,8-5-,13-11?. The predicted molar refractivity (Wildman–Crippen MR) is 59.8 cm³/mol. The van der Waals surface area contributed by atoms with Crippen molar-refractivity contribution in [2.75, 3.05) is 0 Å². The zero-order valence-corrected chi connectivity index (χ0v) is 8.49. The normalized spacial score (nSPS) is 11.3. The van der Waals surface area contributed by atoms with E-state index in [4.69, 9.17) is 5.41 Å². The molecule has 0 atom stereocenters. The van der Waals surface area contributed by atoms with E-state index in [1.54, 1.807) is 6.08 Å². The van der Waals surface area contributed by atoms with Crippen molar-refractivity contribution in [2.45, 2.75) is 13.8 Å². The summed E-state index contributed by atoms with van der Waals surface area (Å²) in [7, 11) is 0. The third-order valence-electron chi connectivity index (χ3n) is 1.73. The van der Waals surface area contributed by atoms with E-state index in [-0.39, 0.29) is 0 Å². The molecule has 0 aromatic carbocycles. The lowest BCUT2D eigenvalue weighted by molar-refractivity contribution is 1.17. The van der Waals surface area contributed by atoms with Gasteiger partial charge in [-0.1, -0.05) is 24.3 Å². The van der Waals surface area contributed by atoms with E-state index in [0.717, 1.165) is 5.69 Å². The van der Waals surface area contributed by atoms with Crippen LogP contribution in [0.25, 0.3) is 0 Å².